The number of rotatable bonds is 4. The third kappa shape index (κ3) is 5.90. The highest BCUT2D eigenvalue weighted by atomic mass is 32.1. The summed E-state index contributed by atoms with van der Waals surface area (Å²) >= 11 is 1.40. The van der Waals surface area contributed by atoms with Gasteiger partial charge in [0.25, 0.3) is 5.91 Å². The van der Waals surface area contributed by atoms with Gasteiger partial charge in [-0.2, -0.15) is 0 Å². The fraction of sp³-hybridized carbons (Fsp3) is 0.409. The maximum atomic E-state index is 13.1. The molecule has 0 spiro atoms. The highest BCUT2D eigenvalue weighted by molar-refractivity contribution is 7.13. The fourth-order valence-electron chi connectivity index (χ4n) is 3.50. The number of benzene rings is 1. The molecule has 1 aromatic carbocycles. The molecule has 3 amide bonds. The molecule has 2 aromatic rings. The van der Waals surface area contributed by atoms with Crippen LogP contribution >= 0.6 is 11.3 Å². The van der Waals surface area contributed by atoms with E-state index in [1.165, 1.54) is 11.3 Å². The first-order valence-electron chi connectivity index (χ1n) is 10.0. The second kappa shape index (κ2) is 10.2. The molecule has 0 aliphatic carbocycles. The van der Waals surface area contributed by atoms with Crippen molar-refractivity contribution in [2.75, 3.05) is 19.6 Å². The van der Waals surface area contributed by atoms with Gasteiger partial charge in [-0.25, -0.2) is 0 Å². The fourth-order valence-corrected chi connectivity index (χ4v) is 4.28. The second-order valence-corrected chi connectivity index (χ2v) is 8.51. The quantitative estimate of drug-likeness (QED) is 0.809. The highest BCUT2D eigenvalue weighted by Crippen LogP contribution is 2.26. The van der Waals surface area contributed by atoms with Crippen molar-refractivity contribution in [2.24, 2.45) is 0 Å². The lowest BCUT2D eigenvalue weighted by atomic mass is 10.00. The van der Waals surface area contributed by atoms with Gasteiger partial charge in [-0.3, -0.25) is 14.4 Å². The summed E-state index contributed by atoms with van der Waals surface area (Å²) in [5.74, 6) is -0.475. The molecule has 29 heavy (non-hydrogen) atoms. The zero-order valence-electron chi connectivity index (χ0n) is 16.6. The molecule has 2 heterocycles. The molecule has 0 radical (unpaired) electrons. The van der Waals surface area contributed by atoms with Gasteiger partial charge in [-0.1, -0.05) is 30.3 Å². The van der Waals surface area contributed by atoms with Crippen LogP contribution < -0.4 is 10.6 Å². The lowest BCUT2D eigenvalue weighted by Gasteiger charge is -2.33. The van der Waals surface area contributed by atoms with Gasteiger partial charge in [0, 0.05) is 18.0 Å². The van der Waals surface area contributed by atoms with E-state index in [2.05, 4.69) is 10.6 Å². The molecule has 7 heteroatoms. The maximum Gasteiger partial charge on any atom is 0.261 e. The van der Waals surface area contributed by atoms with Crippen molar-refractivity contribution < 1.29 is 14.4 Å². The summed E-state index contributed by atoms with van der Waals surface area (Å²) in [7, 11) is 0. The van der Waals surface area contributed by atoms with Gasteiger partial charge in [0.2, 0.25) is 11.8 Å². The van der Waals surface area contributed by atoms with Crippen LogP contribution in [0.15, 0.2) is 42.5 Å². The number of thiophene rings is 1. The summed E-state index contributed by atoms with van der Waals surface area (Å²) < 4.78 is 0. The van der Waals surface area contributed by atoms with Gasteiger partial charge in [-0.15, -0.1) is 11.3 Å². The molecule has 1 aromatic heterocycles. The first kappa shape index (κ1) is 21.0. The number of aryl methyl sites for hydroxylation is 1. The summed E-state index contributed by atoms with van der Waals surface area (Å²) in [6.07, 6.45) is 2.92. The van der Waals surface area contributed by atoms with Crippen LogP contribution in [0.3, 0.4) is 0 Å². The van der Waals surface area contributed by atoms with E-state index in [-0.39, 0.29) is 36.7 Å². The third-order valence-corrected chi connectivity index (χ3v) is 6.02. The van der Waals surface area contributed by atoms with Crippen molar-refractivity contribution in [3.05, 3.63) is 57.8 Å². The second-order valence-electron chi connectivity index (χ2n) is 7.22. The van der Waals surface area contributed by atoms with E-state index in [4.69, 9.17) is 0 Å². The molecule has 1 saturated heterocycles. The van der Waals surface area contributed by atoms with Crippen LogP contribution in [0.4, 0.5) is 0 Å². The number of amides is 3. The minimum Gasteiger partial charge on any atom is -0.356 e. The van der Waals surface area contributed by atoms with Gasteiger partial charge in [-0.05, 0) is 43.9 Å². The smallest absolute Gasteiger partial charge is 0.261 e. The Bertz CT molecular complexity index is 850. The Hall–Kier alpha value is -2.67. The maximum absolute atomic E-state index is 13.1. The van der Waals surface area contributed by atoms with Crippen LogP contribution in [0.25, 0.3) is 0 Å². The zero-order chi connectivity index (χ0) is 20.6. The van der Waals surface area contributed by atoms with Crippen molar-refractivity contribution >= 4 is 29.1 Å². The van der Waals surface area contributed by atoms with Crippen molar-refractivity contribution in [1.82, 2.24) is 15.5 Å². The Morgan fingerprint density at radius 2 is 1.93 bits per heavy atom. The average Bonchev–Trinajstić information content (AvgIpc) is 3.17. The minimum absolute atomic E-state index is 0.0587. The number of nitrogens with one attached hydrogen (secondary N) is 2. The van der Waals surface area contributed by atoms with E-state index in [9.17, 15) is 14.4 Å². The molecule has 1 aliphatic heterocycles. The Morgan fingerprint density at radius 1 is 1.14 bits per heavy atom. The molecular weight excluding hydrogens is 386 g/mol. The summed E-state index contributed by atoms with van der Waals surface area (Å²) in [5, 5.41) is 5.68. The highest BCUT2D eigenvalue weighted by Gasteiger charge is 2.28. The predicted octanol–water partition coefficient (Wildman–Crippen LogP) is 3.05. The minimum atomic E-state index is -0.345. The van der Waals surface area contributed by atoms with E-state index < -0.39 is 0 Å². The van der Waals surface area contributed by atoms with Gasteiger partial charge < -0.3 is 15.5 Å². The van der Waals surface area contributed by atoms with Crippen LogP contribution in [-0.4, -0.2) is 42.3 Å². The van der Waals surface area contributed by atoms with Gasteiger partial charge in [0.15, 0.2) is 0 Å². The first-order valence-corrected chi connectivity index (χ1v) is 10.8. The molecule has 3 rings (SSSR count). The molecule has 0 bridgehead atoms. The van der Waals surface area contributed by atoms with Crippen LogP contribution in [-0.2, 0) is 9.59 Å². The Balaban J connectivity index is 1.75. The number of nitrogens with zero attached hydrogens (tertiary/aromatic N) is 1. The predicted molar refractivity (Wildman–Crippen MR) is 114 cm³/mol. The molecule has 1 aliphatic rings. The number of carbonyl (C=O) groups excluding carboxylic acids is 3. The topological polar surface area (TPSA) is 78.5 Å². The van der Waals surface area contributed by atoms with Gasteiger partial charge in [0.05, 0.1) is 23.9 Å². The van der Waals surface area contributed by atoms with Crippen molar-refractivity contribution in [1.29, 1.82) is 0 Å². The number of hydrogen-bond acceptors (Lipinski definition) is 4. The summed E-state index contributed by atoms with van der Waals surface area (Å²) in [4.78, 5) is 41.2. The monoisotopic (exact) mass is 413 g/mol. The molecular formula is C22H27N3O3S. The standard InChI is InChI=1S/C22H27N3O3S/c1-16-10-11-19(29-16)22(28)24-15-21(27)25-13-7-3-6-12-23-20(26)14-18(25)17-8-4-2-5-9-17/h2,4-5,8-11,18H,3,6-7,12-15H2,1H3,(H,23,26)(H,24,28). The number of hydrogen-bond donors (Lipinski definition) is 2. The molecule has 1 fully saturated rings. The normalized spacial score (nSPS) is 18.0. The van der Waals surface area contributed by atoms with E-state index in [0.29, 0.717) is 18.0 Å². The van der Waals surface area contributed by atoms with Gasteiger partial charge in [0.1, 0.15) is 0 Å². The Labute approximate surface area is 175 Å². The summed E-state index contributed by atoms with van der Waals surface area (Å²) in [6, 6.07) is 12.9. The van der Waals surface area contributed by atoms with Crippen LogP contribution in [0.2, 0.25) is 0 Å². The lowest BCUT2D eigenvalue weighted by Crippen LogP contribution is -2.44. The molecule has 1 atom stereocenters. The van der Waals surface area contributed by atoms with Crippen LogP contribution in [0.5, 0.6) is 0 Å². The van der Waals surface area contributed by atoms with E-state index in [0.717, 1.165) is 29.7 Å². The molecule has 6 nitrogen and oxygen atoms in total. The lowest BCUT2D eigenvalue weighted by molar-refractivity contribution is -0.134. The van der Waals surface area contributed by atoms with Crippen molar-refractivity contribution in [3.63, 3.8) is 0 Å². The third-order valence-electron chi connectivity index (χ3n) is 5.02. The molecule has 1 unspecified atom stereocenters. The van der Waals surface area contributed by atoms with Crippen LogP contribution in [0.1, 0.15) is 51.8 Å². The Morgan fingerprint density at radius 3 is 2.66 bits per heavy atom. The van der Waals surface area contributed by atoms with Gasteiger partial charge >= 0.3 is 0 Å². The van der Waals surface area contributed by atoms with Crippen molar-refractivity contribution in [3.8, 4) is 0 Å². The molecule has 2 N–H and O–H groups in total. The SMILES string of the molecule is Cc1ccc(C(=O)NCC(=O)N2CCCCCNC(=O)CC2c2ccccc2)s1. The molecule has 154 valence electrons. The van der Waals surface area contributed by atoms with Crippen molar-refractivity contribution in [2.45, 2.75) is 38.6 Å². The molecule has 0 saturated carbocycles. The zero-order valence-corrected chi connectivity index (χ0v) is 17.5. The summed E-state index contributed by atoms with van der Waals surface area (Å²) in [5.41, 5.74) is 0.928. The number of carbonyl (C=O) groups is 3. The van der Waals surface area contributed by atoms with E-state index in [1.54, 1.807) is 11.0 Å². The Kier molecular flexibility index (Phi) is 7.41. The largest absolute Gasteiger partial charge is 0.356 e. The summed E-state index contributed by atoms with van der Waals surface area (Å²) in [6.45, 7) is 3.10. The van der Waals surface area contributed by atoms with E-state index in [1.807, 2.05) is 43.3 Å². The average molecular weight is 414 g/mol. The van der Waals surface area contributed by atoms with E-state index >= 15 is 0 Å². The first-order chi connectivity index (χ1) is 14.0. The van der Waals surface area contributed by atoms with Crippen LogP contribution in [0, 0.1) is 6.92 Å².